The topological polar surface area (TPSA) is 104 Å². The molecule has 0 bridgehead atoms. The van der Waals surface area contributed by atoms with Gasteiger partial charge in [0.25, 0.3) is 0 Å². The molecule has 2 aliphatic carbocycles. The Morgan fingerprint density at radius 3 is 1.97 bits per heavy atom. The lowest BCUT2D eigenvalue weighted by atomic mass is 9.78. The monoisotopic (exact) mass is 432 g/mol. The number of hydrogen-bond donors (Lipinski definition) is 4. The number of carbonyl (C=O) groups excluding carboxylic acids is 1. The van der Waals surface area contributed by atoms with E-state index in [1.165, 1.54) is 31.2 Å². The van der Waals surface area contributed by atoms with Crippen LogP contribution in [0.5, 0.6) is 0 Å². The molecule has 2 fully saturated rings. The van der Waals surface area contributed by atoms with Crippen molar-refractivity contribution in [3.63, 3.8) is 0 Å². The van der Waals surface area contributed by atoms with E-state index in [1.54, 1.807) is 6.07 Å². The summed E-state index contributed by atoms with van der Waals surface area (Å²) in [6.07, 6.45) is 9.24. The van der Waals surface area contributed by atoms with Crippen LogP contribution in [0.25, 0.3) is 11.0 Å². The minimum atomic E-state index is -0.431. The van der Waals surface area contributed by atoms with Gasteiger partial charge < -0.3 is 21.0 Å². The average molecular weight is 433 g/mol. The standard InChI is InChI=1S/C26H32N4O2/c27-25(31)22-15-24-23(29-26(32)30-24)14-21(22)18-8-12-20(13-9-18)28-19-10-6-17(7-11-19)16-4-2-1-3-5-16/h1-5,14-15,17-20,28H,6-13H2,(H2,27,31)(H2,29,30,32). The molecule has 0 spiro atoms. The van der Waals surface area contributed by atoms with E-state index in [0.29, 0.717) is 35.0 Å². The lowest BCUT2D eigenvalue weighted by Crippen LogP contribution is -2.42. The van der Waals surface area contributed by atoms with E-state index in [4.69, 9.17) is 5.73 Å². The first kappa shape index (κ1) is 21.0. The number of nitrogens with one attached hydrogen (secondary N) is 3. The summed E-state index contributed by atoms with van der Waals surface area (Å²) in [6, 6.07) is 15.7. The van der Waals surface area contributed by atoms with Crippen molar-refractivity contribution in [1.82, 2.24) is 15.3 Å². The number of aromatic nitrogens is 2. The van der Waals surface area contributed by atoms with Crippen LogP contribution < -0.4 is 16.7 Å². The van der Waals surface area contributed by atoms with E-state index in [-0.39, 0.29) is 5.69 Å². The van der Waals surface area contributed by atoms with Crippen LogP contribution in [0.3, 0.4) is 0 Å². The van der Waals surface area contributed by atoms with Crippen LogP contribution in [0.4, 0.5) is 0 Å². The molecule has 0 atom stereocenters. The van der Waals surface area contributed by atoms with Gasteiger partial charge >= 0.3 is 5.69 Å². The number of carbonyl (C=O) groups is 1. The summed E-state index contributed by atoms with van der Waals surface area (Å²) >= 11 is 0. The minimum absolute atomic E-state index is 0.262. The van der Waals surface area contributed by atoms with Gasteiger partial charge in [-0.05, 0) is 86.5 Å². The zero-order chi connectivity index (χ0) is 22.1. The highest BCUT2D eigenvalue weighted by molar-refractivity contribution is 5.98. The highest BCUT2D eigenvalue weighted by Gasteiger charge is 2.29. The van der Waals surface area contributed by atoms with Crippen molar-refractivity contribution in [1.29, 1.82) is 0 Å². The summed E-state index contributed by atoms with van der Waals surface area (Å²) in [6.45, 7) is 0. The molecule has 0 radical (unpaired) electrons. The Labute approximate surface area is 188 Å². The van der Waals surface area contributed by atoms with E-state index in [2.05, 4.69) is 45.6 Å². The smallest absolute Gasteiger partial charge is 0.323 e. The van der Waals surface area contributed by atoms with Gasteiger partial charge in [-0.15, -0.1) is 0 Å². The van der Waals surface area contributed by atoms with Crippen LogP contribution in [0.15, 0.2) is 47.3 Å². The molecule has 0 aliphatic heterocycles. The molecule has 5 rings (SSSR count). The van der Waals surface area contributed by atoms with E-state index in [9.17, 15) is 9.59 Å². The highest BCUT2D eigenvalue weighted by Crippen LogP contribution is 2.37. The molecular weight excluding hydrogens is 400 g/mol. The van der Waals surface area contributed by atoms with Crippen LogP contribution in [0.1, 0.15) is 84.7 Å². The molecule has 6 nitrogen and oxygen atoms in total. The van der Waals surface area contributed by atoms with Gasteiger partial charge in [0.05, 0.1) is 11.0 Å². The summed E-state index contributed by atoms with van der Waals surface area (Å²) in [4.78, 5) is 29.3. The van der Waals surface area contributed by atoms with E-state index in [1.807, 2.05) is 6.07 Å². The van der Waals surface area contributed by atoms with Crippen LogP contribution in [-0.2, 0) is 0 Å². The lowest BCUT2D eigenvalue weighted by molar-refractivity contribution is 0.0998. The molecular formula is C26H32N4O2. The molecule has 1 aromatic heterocycles. The Morgan fingerprint density at radius 2 is 1.38 bits per heavy atom. The number of H-pyrrole nitrogens is 2. The molecule has 1 heterocycles. The normalized spacial score (nSPS) is 26.2. The zero-order valence-electron chi connectivity index (χ0n) is 18.4. The van der Waals surface area contributed by atoms with Gasteiger partial charge in [-0.1, -0.05) is 30.3 Å². The largest absolute Gasteiger partial charge is 0.366 e. The summed E-state index contributed by atoms with van der Waals surface area (Å²) in [7, 11) is 0. The van der Waals surface area contributed by atoms with Crippen molar-refractivity contribution in [3.8, 4) is 0 Å². The molecule has 32 heavy (non-hydrogen) atoms. The fourth-order valence-corrected chi connectivity index (χ4v) is 5.87. The van der Waals surface area contributed by atoms with Crippen LogP contribution >= 0.6 is 0 Å². The second kappa shape index (κ2) is 8.94. The third kappa shape index (κ3) is 4.37. The SMILES string of the molecule is NC(=O)c1cc2[nH]c(=O)[nH]c2cc1C1CCC(NC2CCC(c3ccccc3)CC2)CC1. The number of imidazole rings is 1. The molecule has 3 aromatic rings. The lowest BCUT2D eigenvalue weighted by Gasteiger charge is -2.36. The van der Waals surface area contributed by atoms with Gasteiger partial charge in [0, 0.05) is 17.6 Å². The van der Waals surface area contributed by atoms with Gasteiger partial charge in [-0.3, -0.25) is 4.79 Å². The predicted octanol–water partition coefficient (Wildman–Crippen LogP) is 4.30. The second-order valence-electron chi connectivity index (χ2n) is 9.60. The Hall–Kier alpha value is -2.86. The number of fused-ring (bicyclic) bond motifs is 1. The summed E-state index contributed by atoms with van der Waals surface area (Å²) in [5, 5.41) is 3.93. The van der Waals surface area contributed by atoms with Crippen LogP contribution in [-0.4, -0.2) is 28.0 Å². The van der Waals surface area contributed by atoms with Crippen LogP contribution in [0.2, 0.25) is 0 Å². The van der Waals surface area contributed by atoms with E-state index >= 15 is 0 Å². The maximum absolute atomic E-state index is 12.1. The first-order chi connectivity index (χ1) is 15.6. The van der Waals surface area contributed by atoms with Crippen molar-refractivity contribution in [2.24, 2.45) is 5.73 Å². The number of benzene rings is 2. The molecule has 2 aromatic carbocycles. The number of nitrogens with two attached hydrogens (primary N) is 1. The molecule has 1 amide bonds. The van der Waals surface area contributed by atoms with Crippen molar-refractivity contribution in [3.05, 3.63) is 69.6 Å². The second-order valence-corrected chi connectivity index (χ2v) is 9.60. The van der Waals surface area contributed by atoms with Crippen molar-refractivity contribution < 1.29 is 4.79 Å². The fourth-order valence-electron chi connectivity index (χ4n) is 5.87. The molecule has 168 valence electrons. The number of amides is 1. The van der Waals surface area contributed by atoms with E-state index < -0.39 is 5.91 Å². The summed E-state index contributed by atoms with van der Waals surface area (Å²) < 4.78 is 0. The quantitative estimate of drug-likeness (QED) is 0.483. The van der Waals surface area contributed by atoms with Crippen molar-refractivity contribution in [2.45, 2.75) is 75.3 Å². The van der Waals surface area contributed by atoms with Gasteiger partial charge in [0.1, 0.15) is 0 Å². The van der Waals surface area contributed by atoms with Gasteiger partial charge in [0.2, 0.25) is 5.91 Å². The third-order valence-electron chi connectivity index (χ3n) is 7.59. The Kier molecular flexibility index (Phi) is 5.87. The summed E-state index contributed by atoms with van der Waals surface area (Å²) in [5.74, 6) is 0.568. The van der Waals surface area contributed by atoms with Gasteiger partial charge in [-0.2, -0.15) is 0 Å². The maximum Gasteiger partial charge on any atom is 0.323 e. The molecule has 6 heteroatoms. The highest BCUT2D eigenvalue weighted by atomic mass is 16.1. The first-order valence-corrected chi connectivity index (χ1v) is 11.9. The predicted molar refractivity (Wildman–Crippen MR) is 127 cm³/mol. The Balaban J connectivity index is 1.18. The molecule has 0 unspecified atom stereocenters. The summed E-state index contributed by atoms with van der Waals surface area (Å²) in [5.41, 5.74) is 9.77. The number of hydrogen-bond acceptors (Lipinski definition) is 3. The molecule has 2 saturated carbocycles. The van der Waals surface area contributed by atoms with Crippen molar-refractivity contribution >= 4 is 16.9 Å². The number of aromatic amines is 2. The Bertz CT molecular complexity index is 1130. The van der Waals surface area contributed by atoms with Gasteiger partial charge in [0.15, 0.2) is 0 Å². The third-order valence-corrected chi connectivity index (χ3v) is 7.59. The van der Waals surface area contributed by atoms with Crippen molar-refractivity contribution in [2.75, 3.05) is 0 Å². The molecule has 2 aliphatic rings. The van der Waals surface area contributed by atoms with E-state index in [0.717, 1.165) is 36.8 Å². The minimum Gasteiger partial charge on any atom is -0.366 e. The average Bonchev–Trinajstić information content (AvgIpc) is 3.19. The maximum atomic E-state index is 12.1. The molecule has 0 saturated heterocycles. The molecule has 5 N–H and O–H groups in total. The number of primary amides is 1. The number of rotatable bonds is 5. The zero-order valence-corrected chi connectivity index (χ0v) is 18.4. The first-order valence-electron chi connectivity index (χ1n) is 11.9. The van der Waals surface area contributed by atoms with Crippen LogP contribution in [0, 0.1) is 0 Å². The fraction of sp³-hybridized carbons (Fsp3) is 0.462. The van der Waals surface area contributed by atoms with Gasteiger partial charge in [-0.25, -0.2) is 4.79 Å². The Morgan fingerprint density at radius 1 is 0.812 bits per heavy atom.